The summed E-state index contributed by atoms with van der Waals surface area (Å²) in [5.41, 5.74) is 2.80. The first kappa shape index (κ1) is 11.0. The molecule has 1 fully saturated rings. The summed E-state index contributed by atoms with van der Waals surface area (Å²) in [5.74, 6) is 0.610. The van der Waals surface area contributed by atoms with Crippen molar-refractivity contribution in [1.82, 2.24) is 4.98 Å². The maximum Gasteiger partial charge on any atom is 0.240 e. The number of aryl methyl sites for hydroxylation is 1. The molecule has 0 unspecified atom stereocenters. The molecule has 1 aliphatic rings. The van der Waals surface area contributed by atoms with Gasteiger partial charge < -0.3 is 0 Å². The van der Waals surface area contributed by atoms with Gasteiger partial charge in [-0.1, -0.05) is 19.8 Å². The van der Waals surface area contributed by atoms with Crippen molar-refractivity contribution in [3.05, 3.63) is 23.5 Å². The molecule has 1 aliphatic carbocycles. The highest BCUT2D eigenvalue weighted by Gasteiger charge is 2.18. The number of rotatable bonds is 3. The van der Waals surface area contributed by atoms with E-state index in [1.165, 1.54) is 31.2 Å². The first-order valence-electron chi connectivity index (χ1n) is 5.92. The fourth-order valence-electron chi connectivity index (χ4n) is 2.40. The molecule has 3 heteroatoms. The smallest absolute Gasteiger partial charge is 0.240 e. The van der Waals surface area contributed by atoms with Crippen molar-refractivity contribution in [2.75, 3.05) is 0 Å². The third-order valence-electron chi connectivity index (χ3n) is 3.30. The summed E-state index contributed by atoms with van der Waals surface area (Å²) < 4.78 is 0. The van der Waals surface area contributed by atoms with Gasteiger partial charge >= 0.3 is 0 Å². The zero-order valence-electron chi connectivity index (χ0n) is 9.57. The molecule has 0 saturated heterocycles. The van der Waals surface area contributed by atoms with E-state index >= 15 is 0 Å². The fourth-order valence-corrected chi connectivity index (χ4v) is 2.40. The first-order chi connectivity index (χ1) is 7.85. The minimum absolute atomic E-state index is 0.610. The zero-order valence-corrected chi connectivity index (χ0v) is 9.57. The van der Waals surface area contributed by atoms with E-state index in [0.717, 1.165) is 12.1 Å². The lowest BCUT2D eigenvalue weighted by molar-refractivity contribution is 0.565. The third kappa shape index (κ3) is 2.20. The summed E-state index contributed by atoms with van der Waals surface area (Å²) in [7, 11) is 0. The Labute approximate surface area is 95.6 Å². The van der Waals surface area contributed by atoms with Gasteiger partial charge in [0, 0.05) is 6.20 Å². The second-order valence-corrected chi connectivity index (χ2v) is 4.27. The van der Waals surface area contributed by atoms with Gasteiger partial charge in [-0.25, -0.2) is 4.79 Å². The molecule has 0 spiro atoms. The molecule has 1 saturated carbocycles. The van der Waals surface area contributed by atoms with Crippen molar-refractivity contribution in [1.29, 1.82) is 0 Å². The molecule has 0 bridgehead atoms. The van der Waals surface area contributed by atoms with Gasteiger partial charge in [-0.05, 0) is 36.8 Å². The van der Waals surface area contributed by atoms with Gasteiger partial charge in [-0.2, -0.15) is 4.99 Å². The maximum absolute atomic E-state index is 10.4. The van der Waals surface area contributed by atoms with Gasteiger partial charge in [0.2, 0.25) is 6.08 Å². The van der Waals surface area contributed by atoms with Crippen LogP contribution in [-0.2, 0) is 11.2 Å². The number of hydrogen-bond donors (Lipinski definition) is 0. The van der Waals surface area contributed by atoms with Crippen LogP contribution in [0.25, 0.3) is 0 Å². The lowest BCUT2D eigenvalue weighted by Crippen LogP contribution is -1.96. The highest BCUT2D eigenvalue weighted by atomic mass is 16.1. The Balaban J connectivity index is 2.33. The molecule has 1 heterocycles. The lowest BCUT2D eigenvalue weighted by atomic mass is 9.98. The molecule has 1 aromatic rings. The molecule has 2 rings (SSSR count). The predicted molar refractivity (Wildman–Crippen MR) is 62.6 cm³/mol. The van der Waals surface area contributed by atoms with E-state index in [1.807, 2.05) is 19.2 Å². The number of aromatic nitrogens is 1. The lowest BCUT2D eigenvalue weighted by Gasteiger charge is -2.10. The Hall–Kier alpha value is -1.47. The average molecular weight is 216 g/mol. The minimum Gasteiger partial charge on any atom is -0.259 e. The van der Waals surface area contributed by atoms with Crippen molar-refractivity contribution in [2.24, 2.45) is 4.99 Å². The predicted octanol–water partition coefficient (Wildman–Crippen LogP) is 3.27. The minimum atomic E-state index is 0.610. The van der Waals surface area contributed by atoms with Crippen LogP contribution >= 0.6 is 0 Å². The molecular weight excluding hydrogens is 200 g/mol. The second-order valence-electron chi connectivity index (χ2n) is 4.27. The van der Waals surface area contributed by atoms with Crippen molar-refractivity contribution in [2.45, 2.75) is 44.9 Å². The number of hydrogen-bond acceptors (Lipinski definition) is 3. The van der Waals surface area contributed by atoms with Gasteiger partial charge in [0.15, 0.2) is 0 Å². The molecule has 1 aromatic heterocycles. The van der Waals surface area contributed by atoms with Crippen LogP contribution in [0.4, 0.5) is 5.69 Å². The largest absolute Gasteiger partial charge is 0.259 e. The standard InChI is InChI=1S/C13H16N2O/c1-2-12-13(15-9-16)7-11(8-14-12)10-5-3-4-6-10/h7-8,10H,2-6H2,1H3. The van der Waals surface area contributed by atoms with Crippen LogP contribution in [0.2, 0.25) is 0 Å². The molecule has 3 nitrogen and oxygen atoms in total. The number of carbonyl (C=O) groups excluding carboxylic acids is 1. The third-order valence-corrected chi connectivity index (χ3v) is 3.30. The zero-order chi connectivity index (χ0) is 11.4. The first-order valence-corrected chi connectivity index (χ1v) is 5.92. The van der Waals surface area contributed by atoms with Crippen molar-refractivity contribution in [3.63, 3.8) is 0 Å². The molecule has 0 amide bonds. The highest BCUT2D eigenvalue weighted by molar-refractivity contribution is 5.53. The van der Waals surface area contributed by atoms with Crippen molar-refractivity contribution >= 4 is 11.8 Å². The van der Waals surface area contributed by atoms with Gasteiger partial charge in [0.1, 0.15) is 0 Å². The van der Waals surface area contributed by atoms with Crippen LogP contribution in [0, 0.1) is 0 Å². The number of aliphatic imine (C=N–C) groups is 1. The SMILES string of the molecule is CCc1ncc(C2CCCC2)cc1N=C=O. The maximum atomic E-state index is 10.4. The van der Waals surface area contributed by atoms with E-state index in [1.54, 1.807) is 6.08 Å². The van der Waals surface area contributed by atoms with E-state index < -0.39 is 0 Å². The van der Waals surface area contributed by atoms with Crippen LogP contribution in [0.3, 0.4) is 0 Å². The molecule has 0 N–H and O–H groups in total. The molecule has 84 valence electrons. The Kier molecular flexibility index (Phi) is 3.47. The van der Waals surface area contributed by atoms with Crippen LogP contribution in [0.15, 0.2) is 17.3 Å². The number of isocyanates is 1. The Morgan fingerprint density at radius 3 is 2.88 bits per heavy atom. The van der Waals surface area contributed by atoms with Crippen molar-refractivity contribution in [3.8, 4) is 0 Å². The van der Waals surface area contributed by atoms with Crippen LogP contribution in [0.5, 0.6) is 0 Å². The Morgan fingerprint density at radius 1 is 1.50 bits per heavy atom. The molecule has 0 radical (unpaired) electrons. The van der Waals surface area contributed by atoms with Crippen molar-refractivity contribution < 1.29 is 4.79 Å². The van der Waals surface area contributed by atoms with Gasteiger partial charge in [-0.15, -0.1) is 0 Å². The summed E-state index contributed by atoms with van der Waals surface area (Å²) in [6, 6.07) is 2.01. The van der Waals surface area contributed by atoms with E-state index in [9.17, 15) is 4.79 Å². The second kappa shape index (κ2) is 5.04. The van der Waals surface area contributed by atoms with E-state index in [0.29, 0.717) is 11.6 Å². The fraction of sp³-hybridized carbons (Fsp3) is 0.538. The molecule has 0 aliphatic heterocycles. The van der Waals surface area contributed by atoms with E-state index in [-0.39, 0.29) is 0 Å². The van der Waals surface area contributed by atoms with Gasteiger partial charge in [-0.3, -0.25) is 4.98 Å². The van der Waals surface area contributed by atoms with E-state index in [2.05, 4.69) is 9.98 Å². The molecule has 16 heavy (non-hydrogen) atoms. The normalized spacial score (nSPS) is 16.1. The highest BCUT2D eigenvalue weighted by Crippen LogP contribution is 2.35. The summed E-state index contributed by atoms with van der Waals surface area (Å²) in [4.78, 5) is 18.5. The summed E-state index contributed by atoms with van der Waals surface area (Å²) >= 11 is 0. The van der Waals surface area contributed by atoms with Crippen LogP contribution in [-0.4, -0.2) is 11.1 Å². The quantitative estimate of drug-likeness (QED) is 0.574. The average Bonchev–Trinajstić information content (AvgIpc) is 2.83. The Morgan fingerprint density at radius 2 is 2.25 bits per heavy atom. The molecular formula is C13H16N2O. The Bertz CT molecular complexity index is 416. The van der Waals surface area contributed by atoms with Gasteiger partial charge in [0.05, 0.1) is 11.4 Å². The summed E-state index contributed by atoms with van der Waals surface area (Å²) in [6.45, 7) is 2.02. The monoisotopic (exact) mass is 216 g/mol. The summed E-state index contributed by atoms with van der Waals surface area (Å²) in [5, 5.41) is 0. The topological polar surface area (TPSA) is 42.3 Å². The number of nitrogens with zero attached hydrogens (tertiary/aromatic N) is 2. The van der Waals surface area contributed by atoms with Crippen LogP contribution < -0.4 is 0 Å². The van der Waals surface area contributed by atoms with E-state index in [4.69, 9.17) is 0 Å². The summed E-state index contributed by atoms with van der Waals surface area (Å²) in [6.07, 6.45) is 9.41. The number of pyridine rings is 1. The van der Waals surface area contributed by atoms with Crippen LogP contribution in [0.1, 0.15) is 49.8 Å². The molecule has 0 atom stereocenters. The molecule has 0 aromatic carbocycles. The van der Waals surface area contributed by atoms with Gasteiger partial charge in [0.25, 0.3) is 0 Å².